The van der Waals surface area contributed by atoms with Crippen molar-refractivity contribution >= 4 is 5.97 Å². The van der Waals surface area contributed by atoms with E-state index in [1.54, 1.807) is 0 Å². The number of carboxylic acid groups (broad SMARTS) is 1. The molecule has 0 N–H and O–H groups in total. The van der Waals surface area contributed by atoms with Gasteiger partial charge in [0.25, 0.3) is 0 Å². The first-order chi connectivity index (χ1) is 5.20. The first kappa shape index (κ1) is 11.6. The van der Waals surface area contributed by atoms with E-state index in [9.17, 15) is 14.3 Å². The summed E-state index contributed by atoms with van der Waals surface area (Å²) in [6.07, 6.45) is 0.855. The number of carbonyl (C=O) groups excluding carboxylic acids is 1. The Morgan fingerprint density at radius 3 is 2.83 bits per heavy atom. The Bertz CT molecular complexity index is 280. The van der Waals surface area contributed by atoms with Gasteiger partial charge in [0.2, 0.25) is 0 Å². The van der Waals surface area contributed by atoms with Crippen molar-refractivity contribution in [3.63, 3.8) is 0 Å². The van der Waals surface area contributed by atoms with Gasteiger partial charge in [-0.2, -0.15) is 0 Å². The quantitative estimate of drug-likeness (QED) is 0.441. The Morgan fingerprint density at radius 2 is 2.33 bits per heavy atom. The molecule has 0 aliphatic heterocycles. The summed E-state index contributed by atoms with van der Waals surface area (Å²) in [6.45, 7) is 0. The Morgan fingerprint density at radius 1 is 1.67 bits per heavy atom. The molecule has 1 aromatic rings. The molecule has 1 aromatic heterocycles. The van der Waals surface area contributed by atoms with E-state index in [-0.39, 0.29) is 35.3 Å². The Balaban J connectivity index is 0.00000121. The summed E-state index contributed by atoms with van der Waals surface area (Å²) in [4.78, 5) is 13.5. The van der Waals surface area contributed by atoms with Gasteiger partial charge in [0, 0.05) is 18.6 Å². The van der Waals surface area contributed by atoms with Crippen molar-refractivity contribution in [3.05, 3.63) is 29.8 Å². The van der Waals surface area contributed by atoms with E-state index in [0.717, 1.165) is 6.07 Å². The molecule has 0 saturated carbocycles. The molecule has 0 radical (unpaired) electrons. The van der Waals surface area contributed by atoms with Crippen molar-refractivity contribution in [2.45, 2.75) is 6.42 Å². The summed E-state index contributed by atoms with van der Waals surface area (Å²) < 4.78 is 12.6. The molecule has 0 atom stereocenters. The summed E-state index contributed by atoms with van der Waals surface area (Å²) in [5.74, 6) is -1.95. The SMILES string of the molecule is O=C([O-])Cc1ncccc1F.[Na+]. The van der Waals surface area contributed by atoms with Crippen LogP contribution in [-0.4, -0.2) is 11.0 Å². The molecule has 3 nitrogen and oxygen atoms in total. The van der Waals surface area contributed by atoms with Gasteiger partial charge >= 0.3 is 29.6 Å². The van der Waals surface area contributed by atoms with Crippen LogP contribution in [0.25, 0.3) is 0 Å². The first-order valence-corrected chi connectivity index (χ1v) is 2.99. The molecule has 0 fully saturated rings. The van der Waals surface area contributed by atoms with Gasteiger partial charge in [-0.15, -0.1) is 0 Å². The Kier molecular flexibility index (Phi) is 5.04. The summed E-state index contributed by atoms with van der Waals surface area (Å²) in [6, 6.07) is 2.55. The van der Waals surface area contributed by atoms with Gasteiger partial charge in [-0.3, -0.25) is 4.98 Å². The molecule has 58 valence electrons. The van der Waals surface area contributed by atoms with Gasteiger partial charge in [0.15, 0.2) is 0 Å². The van der Waals surface area contributed by atoms with Crippen LogP contribution >= 0.6 is 0 Å². The summed E-state index contributed by atoms with van der Waals surface area (Å²) in [5.41, 5.74) is -0.0903. The molecule has 12 heavy (non-hydrogen) atoms. The van der Waals surface area contributed by atoms with Gasteiger partial charge in [0.1, 0.15) is 5.82 Å². The largest absolute Gasteiger partial charge is 1.00 e. The maximum atomic E-state index is 12.6. The standard InChI is InChI=1S/C7H6FNO2.Na/c8-5-2-1-3-9-6(5)4-7(10)11;/h1-3H,4H2,(H,10,11);/q;+1/p-1. The van der Waals surface area contributed by atoms with Gasteiger partial charge in [-0.1, -0.05) is 0 Å². The van der Waals surface area contributed by atoms with Gasteiger partial charge in [0.05, 0.1) is 5.69 Å². The van der Waals surface area contributed by atoms with Crippen molar-refractivity contribution < 1.29 is 43.8 Å². The summed E-state index contributed by atoms with van der Waals surface area (Å²) >= 11 is 0. The number of aromatic nitrogens is 1. The number of halogens is 1. The number of nitrogens with zero attached hydrogens (tertiary/aromatic N) is 1. The zero-order valence-electron chi connectivity index (χ0n) is 6.58. The van der Waals surface area contributed by atoms with E-state index in [0.29, 0.717) is 0 Å². The zero-order chi connectivity index (χ0) is 8.27. The predicted molar refractivity (Wildman–Crippen MR) is 32.9 cm³/mol. The zero-order valence-corrected chi connectivity index (χ0v) is 8.58. The second kappa shape index (κ2) is 5.24. The number of hydrogen-bond acceptors (Lipinski definition) is 3. The number of aliphatic carboxylic acids is 1. The Hall–Kier alpha value is -0.450. The van der Waals surface area contributed by atoms with Crippen molar-refractivity contribution in [2.75, 3.05) is 0 Å². The maximum Gasteiger partial charge on any atom is 1.00 e. The normalized spacial score (nSPS) is 8.75. The average molecular weight is 177 g/mol. The first-order valence-electron chi connectivity index (χ1n) is 2.99. The van der Waals surface area contributed by atoms with Gasteiger partial charge in [-0.25, -0.2) is 4.39 Å². The van der Waals surface area contributed by atoms with E-state index >= 15 is 0 Å². The van der Waals surface area contributed by atoms with Crippen LogP contribution in [0.5, 0.6) is 0 Å². The van der Waals surface area contributed by atoms with Gasteiger partial charge < -0.3 is 9.90 Å². The number of carbonyl (C=O) groups is 1. The number of carboxylic acids is 1. The van der Waals surface area contributed by atoms with Crippen molar-refractivity contribution in [2.24, 2.45) is 0 Å². The fourth-order valence-electron chi connectivity index (χ4n) is 0.685. The van der Waals surface area contributed by atoms with E-state index in [1.165, 1.54) is 12.3 Å². The summed E-state index contributed by atoms with van der Waals surface area (Å²) in [5, 5.41) is 10.0. The Labute approximate surface area is 90.9 Å². The van der Waals surface area contributed by atoms with Crippen LogP contribution in [0.15, 0.2) is 18.3 Å². The average Bonchev–Trinajstić information content (AvgIpc) is 1.93. The predicted octanol–water partition coefficient (Wildman–Crippen LogP) is -3.48. The molecule has 0 unspecified atom stereocenters. The molecular weight excluding hydrogens is 172 g/mol. The number of hydrogen-bond donors (Lipinski definition) is 0. The van der Waals surface area contributed by atoms with E-state index < -0.39 is 18.2 Å². The van der Waals surface area contributed by atoms with E-state index in [4.69, 9.17) is 0 Å². The molecule has 0 spiro atoms. The van der Waals surface area contributed by atoms with Crippen LogP contribution in [-0.2, 0) is 11.2 Å². The topological polar surface area (TPSA) is 53.0 Å². The smallest absolute Gasteiger partial charge is 0.550 e. The van der Waals surface area contributed by atoms with Crippen molar-refractivity contribution in [1.82, 2.24) is 4.98 Å². The minimum Gasteiger partial charge on any atom is -0.550 e. The van der Waals surface area contributed by atoms with E-state index in [1.807, 2.05) is 0 Å². The second-order valence-corrected chi connectivity index (χ2v) is 1.98. The fraction of sp³-hybridized carbons (Fsp3) is 0.143. The molecule has 0 bridgehead atoms. The summed E-state index contributed by atoms with van der Waals surface area (Å²) in [7, 11) is 0. The monoisotopic (exact) mass is 177 g/mol. The molecule has 0 aliphatic rings. The van der Waals surface area contributed by atoms with Crippen LogP contribution in [0.1, 0.15) is 5.69 Å². The third kappa shape index (κ3) is 3.30. The molecule has 0 saturated heterocycles. The van der Waals surface area contributed by atoms with Crippen LogP contribution in [0.3, 0.4) is 0 Å². The second-order valence-electron chi connectivity index (χ2n) is 1.98. The number of rotatable bonds is 2. The fourth-order valence-corrected chi connectivity index (χ4v) is 0.685. The molecule has 1 rings (SSSR count). The van der Waals surface area contributed by atoms with Crippen molar-refractivity contribution in [1.29, 1.82) is 0 Å². The molecular formula is C7H5FNNaO2. The molecule has 1 heterocycles. The third-order valence-corrected chi connectivity index (χ3v) is 1.15. The van der Waals surface area contributed by atoms with Gasteiger partial charge in [-0.05, 0) is 12.1 Å². The van der Waals surface area contributed by atoms with Crippen LogP contribution < -0.4 is 34.7 Å². The minimum atomic E-state index is -1.33. The molecule has 0 amide bonds. The number of pyridine rings is 1. The minimum absolute atomic E-state index is 0. The van der Waals surface area contributed by atoms with Crippen LogP contribution in [0.4, 0.5) is 4.39 Å². The van der Waals surface area contributed by atoms with Crippen LogP contribution in [0, 0.1) is 5.82 Å². The third-order valence-electron chi connectivity index (χ3n) is 1.15. The molecule has 0 aliphatic carbocycles. The maximum absolute atomic E-state index is 12.6. The van der Waals surface area contributed by atoms with Crippen LogP contribution in [0.2, 0.25) is 0 Å². The molecule has 0 aromatic carbocycles. The van der Waals surface area contributed by atoms with E-state index in [2.05, 4.69) is 4.98 Å². The van der Waals surface area contributed by atoms with Crippen molar-refractivity contribution in [3.8, 4) is 0 Å². The molecule has 5 heteroatoms.